The zero-order valence-corrected chi connectivity index (χ0v) is 29.0. The topological polar surface area (TPSA) is 43.9 Å². The molecule has 3 saturated heterocycles. The number of piperidine rings is 1. The highest BCUT2D eigenvalue weighted by molar-refractivity contribution is 6.31. The fourth-order valence-electron chi connectivity index (χ4n) is 8.75. The number of hydrogen-bond donors (Lipinski definition) is 0. The first-order chi connectivity index (χ1) is 21.8. The Morgan fingerprint density at radius 1 is 0.894 bits per heavy atom. The minimum absolute atomic E-state index is 0.0255. The number of amides is 2. The van der Waals surface area contributed by atoms with Gasteiger partial charge in [-0.3, -0.25) is 14.5 Å². The average Bonchev–Trinajstić information content (AvgIpc) is 3.68. The second-order valence-electron chi connectivity index (χ2n) is 16.1. The minimum atomic E-state index is -2.87. The standard InChI is InChI=1S/C37H46ClF4N3O2/c1-22-15-25-28(17-30(22)38)36(18-29(25)35(5,6)33(47)44-14-11-37(41,42)21-44)9-12-43(13-10-36)32(46)27-20-45(34(2,3)4)19-26(27)24-8-7-23(39)16-31(24)40/h7-8,15-17,26-27,29H,9-14,18-21H2,1-6H3/t26-,27+,29-/m0/s1. The van der Waals surface area contributed by atoms with Crippen molar-refractivity contribution >= 4 is 23.4 Å². The van der Waals surface area contributed by atoms with E-state index in [0.717, 1.165) is 22.8 Å². The molecule has 1 spiro atoms. The van der Waals surface area contributed by atoms with Gasteiger partial charge in [0.05, 0.1) is 17.9 Å². The van der Waals surface area contributed by atoms with Gasteiger partial charge in [0.2, 0.25) is 11.8 Å². The Bertz CT molecular complexity index is 1580. The van der Waals surface area contributed by atoms with Gasteiger partial charge in [-0.2, -0.15) is 0 Å². The maximum Gasteiger partial charge on any atom is 0.267 e. The van der Waals surface area contributed by atoms with Crippen LogP contribution in [0.5, 0.6) is 0 Å². The highest BCUT2D eigenvalue weighted by atomic mass is 35.5. The second kappa shape index (κ2) is 11.7. The molecule has 3 fully saturated rings. The molecule has 2 aromatic rings. The third-order valence-electron chi connectivity index (χ3n) is 11.7. The molecule has 3 atom stereocenters. The Morgan fingerprint density at radius 2 is 1.55 bits per heavy atom. The van der Waals surface area contributed by atoms with Crippen molar-refractivity contribution in [2.24, 2.45) is 11.3 Å². The van der Waals surface area contributed by atoms with Crippen LogP contribution in [0.25, 0.3) is 0 Å². The fourth-order valence-corrected chi connectivity index (χ4v) is 8.92. The van der Waals surface area contributed by atoms with Crippen LogP contribution in [0.15, 0.2) is 30.3 Å². The van der Waals surface area contributed by atoms with E-state index in [1.54, 1.807) is 0 Å². The normalized spacial score (nSPS) is 25.9. The Hall–Kier alpha value is -2.65. The zero-order chi connectivity index (χ0) is 34.3. The summed E-state index contributed by atoms with van der Waals surface area (Å²) in [7, 11) is 0. The van der Waals surface area contributed by atoms with Crippen molar-refractivity contribution in [3.63, 3.8) is 0 Å². The number of rotatable bonds is 4. The van der Waals surface area contributed by atoms with Crippen LogP contribution in [0.1, 0.15) is 94.4 Å². The molecule has 4 aliphatic rings. The second-order valence-corrected chi connectivity index (χ2v) is 16.5. The Balaban J connectivity index is 1.25. The first-order valence-electron chi connectivity index (χ1n) is 16.8. The van der Waals surface area contributed by atoms with E-state index in [2.05, 4.69) is 31.7 Å². The lowest BCUT2D eigenvalue weighted by Gasteiger charge is -2.42. The van der Waals surface area contributed by atoms with Crippen LogP contribution in [-0.4, -0.2) is 77.2 Å². The van der Waals surface area contributed by atoms with Gasteiger partial charge >= 0.3 is 0 Å². The molecule has 6 rings (SSSR count). The third kappa shape index (κ3) is 6.09. The van der Waals surface area contributed by atoms with Crippen LogP contribution in [0, 0.1) is 29.9 Å². The summed E-state index contributed by atoms with van der Waals surface area (Å²) < 4.78 is 57.1. The van der Waals surface area contributed by atoms with E-state index in [1.807, 2.05) is 31.7 Å². The van der Waals surface area contributed by atoms with E-state index in [-0.39, 0.29) is 41.7 Å². The van der Waals surface area contributed by atoms with Crippen LogP contribution in [0.4, 0.5) is 17.6 Å². The van der Waals surface area contributed by atoms with E-state index in [4.69, 9.17) is 11.6 Å². The molecule has 256 valence electrons. The number of alkyl halides is 2. The number of fused-ring (bicyclic) bond motifs is 2. The summed E-state index contributed by atoms with van der Waals surface area (Å²) >= 11 is 6.68. The zero-order valence-electron chi connectivity index (χ0n) is 28.2. The molecule has 5 nitrogen and oxygen atoms in total. The molecule has 10 heteroatoms. The number of halogens is 5. The van der Waals surface area contributed by atoms with E-state index in [0.29, 0.717) is 56.0 Å². The predicted octanol–water partition coefficient (Wildman–Crippen LogP) is 7.68. The van der Waals surface area contributed by atoms with E-state index in [1.165, 1.54) is 17.0 Å². The molecule has 3 aliphatic heterocycles. The van der Waals surface area contributed by atoms with Crippen molar-refractivity contribution in [3.05, 3.63) is 69.2 Å². The summed E-state index contributed by atoms with van der Waals surface area (Å²) in [5.41, 5.74) is 1.92. The first kappa shape index (κ1) is 34.2. The summed E-state index contributed by atoms with van der Waals surface area (Å²) in [6, 6.07) is 7.69. The highest BCUT2D eigenvalue weighted by Gasteiger charge is 2.55. The predicted molar refractivity (Wildman–Crippen MR) is 175 cm³/mol. The van der Waals surface area contributed by atoms with Gasteiger partial charge in [0.25, 0.3) is 5.92 Å². The lowest BCUT2D eigenvalue weighted by atomic mass is 9.69. The van der Waals surface area contributed by atoms with Crippen molar-refractivity contribution in [1.29, 1.82) is 0 Å². The highest BCUT2D eigenvalue weighted by Crippen LogP contribution is 2.58. The van der Waals surface area contributed by atoms with Crippen LogP contribution >= 0.6 is 11.6 Å². The van der Waals surface area contributed by atoms with Gasteiger partial charge < -0.3 is 9.80 Å². The van der Waals surface area contributed by atoms with Gasteiger partial charge in [-0.1, -0.05) is 37.6 Å². The van der Waals surface area contributed by atoms with Crippen molar-refractivity contribution in [2.45, 2.75) is 95.9 Å². The number of carbonyl (C=O) groups is 2. The Morgan fingerprint density at radius 3 is 2.15 bits per heavy atom. The van der Waals surface area contributed by atoms with E-state index < -0.39 is 41.4 Å². The monoisotopic (exact) mass is 675 g/mol. The van der Waals surface area contributed by atoms with Gasteiger partial charge in [0.1, 0.15) is 11.6 Å². The van der Waals surface area contributed by atoms with Crippen LogP contribution in [0.3, 0.4) is 0 Å². The summed E-state index contributed by atoms with van der Waals surface area (Å²) in [6.45, 7) is 13.4. The molecule has 47 heavy (non-hydrogen) atoms. The van der Waals surface area contributed by atoms with Crippen molar-refractivity contribution in [3.8, 4) is 0 Å². The molecule has 0 N–H and O–H groups in total. The summed E-state index contributed by atoms with van der Waals surface area (Å²) in [6.07, 6.45) is 1.68. The van der Waals surface area contributed by atoms with Gasteiger partial charge in [0, 0.05) is 61.7 Å². The molecule has 0 aromatic heterocycles. The average molecular weight is 676 g/mol. The molecule has 0 radical (unpaired) electrons. The summed E-state index contributed by atoms with van der Waals surface area (Å²) in [5.74, 6) is -5.49. The molecule has 0 bridgehead atoms. The van der Waals surface area contributed by atoms with Gasteiger partial charge in [-0.25, -0.2) is 17.6 Å². The number of hydrogen-bond acceptors (Lipinski definition) is 3. The number of likely N-dealkylation sites (tertiary alicyclic amines) is 3. The van der Waals surface area contributed by atoms with Crippen molar-refractivity contribution < 1.29 is 27.2 Å². The van der Waals surface area contributed by atoms with Gasteiger partial charge in [0.15, 0.2) is 0 Å². The molecular weight excluding hydrogens is 630 g/mol. The van der Waals surface area contributed by atoms with Crippen LogP contribution in [-0.2, 0) is 15.0 Å². The number of benzene rings is 2. The molecule has 2 amide bonds. The largest absolute Gasteiger partial charge is 0.342 e. The first-order valence-corrected chi connectivity index (χ1v) is 17.2. The number of aryl methyl sites for hydroxylation is 1. The number of carbonyl (C=O) groups excluding carboxylic acids is 2. The van der Waals surface area contributed by atoms with E-state index in [9.17, 15) is 22.8 Å². The molecule has 3 heterocycles. The molecule has 2 aromatic carbocycles. The van der Waals surface area contributed by atoms with Crippen LogP contribution in [0.2, 0.25) is 5.02 Å². The summed E-state index contributed by atoms with van der Waals surface area (Å²) in [4.78, 5) is 33.5. The molecule has 0 saturated carbocycles. The maximum atomic E-state index is 15.1. The SMILES string of the molecule is Cc1cc2c(cc1Cl)C1(CCN(C(=O)[C@@H]3CN(C(C)(C)C)C[C@H]3c3ccc(F)cc3F)CC1)C[C@@H]2C(C)(C)C(=O)N1CCC(F)(F)C1. The Labute approximate surface area is 280 Å². The number of nitrogens with zero attached hydrogens (tertiary/aromatic N) is 3. The fraction of sp³-hybridized carbons (Fsp3) is 0.622. The van der Waals surface area contributed by atoms with Crippen LogP contribution < -0.4 is 0 Å². The van der Waals surface area contributed by atoms with Crippen molar-refractivity contribution in [2.75, 3.05) is 39.3 Å². The maximum absolute atomic E-state index is 15.1. The molecular formula is C37H46ClF4N3O2. The quantitative estimate of drug-likeness (QED) is 0.313. The smallest absolute Gasteiger partial charge is 0.267 e. The van der Waals surface area contributed by atoms with Gasteiger partial charge in [-0.15, -0.1) is 0 Å². The van der Waals surface area contributed by atoms with Gasteiger partial charge in [-0.05, 0) is 92.7 Å². The summed E-state index contributed by atoms with van der Waals surface area (Å²) in [5, 5.41) is 0.642. The Kier molecular flexibility index (Phi) is 8.55. The van der Waals surface area contributed by atoms with Crippen molar-refractivity contribution in [1.82, 2.24) is 14.7 Å². The lowest BCUT2D eigenvalue weighted by Crippen LogP contribution is -2.48. The minimum Gasteiger partial charge on any atom is -0.342 e. The lowest BCUT2D eigenvalue weighted by molar-refractivity contribution is -0.142. The molecule has 0 unspecified atom stereocenters. The molecule has 1 aliphatic carbocycles. The van der Waals surface area contributed by atoms with E-state index >= 15 is 4.39 Å². The third-order valence-corrected chi connectivity index (χ3v) is 12.1.